The molecule has 0 amide bonds. The van der Waals surface area contributed by atoms with Gasteiger partial charge in [-0.1, -0.05) is 6.07 Å². The van der Waals surface area contributed by atoms with Crippen LogP contribution in [0.15, 0.2) is 35.7 Å². The molecule has 1 heterocycles. The number of rotatable bonds is 5. The van der Waals surface area contributed by atoms with Gasteiger partial charge in [0.15, 0.2) is 0 Å². The van der Waals surface area contributed by atoms with E-state index in [1.807, 2.05) is 17.5 Å². The van der Waals surface area contributed by atoms with Crippen molar-refractivity contribution in [2.45, 2.75) is 18.9 Å². The van der Waals surface area contributed by atoms with E-state index in [0.29, 0.717) is 12.0 Å². The van der Waals surface area contributed by atoms with Gasteiger partial charge in [-0.2, -0.15) is 0 Å². The van der Waals surface area contributed by atoms with E-state index in [4.69, 9.17) is 5.84 Å². The zero-order valence-corrected chi connectivity index (χ0v) is 10.5. The predicted molar refractivity (Wildman–Crippen MR) is 69.1 cm³/mol. The van der Waals surface area contributed by atoms with Gasteiger partial charge < -0.3 is 0 Å². The lowest BCUT2D eigenvalue weighted by Gasteiger charge is -2.16. The molecule has 1 unspecified atom stereocenters. The van der Waals surface area contributed by atoms with Crippen LogP contribution in [0.4, 0.5) is 8.78 Å². The minimum Gasteiger partial charge on any atom is -0.271 e. The average Bonchev–Trinajstić information content (AvgIpc) is 2.81. The summed E-state index contributed by atoms with van der Waals surface area (Å²) >= 11 is 1.66. The third-order valence-corrected chi connectivity index (χ3v) is 3.68. The average molecular weight is 268 g/mol. The number of hydrogen-bond donors (Lipinski definition) is 2. The van der Waals surface area contributed by atoms with Crippen molar-refractivity contribution in [3.8, 4) is 0 Å². The van der Waals surface area contributed by atoms with Crippen LogP contribution in [0.25, 0.3) is 0 Å². The standard InChI is InChI=1S/C13H14F2N2S/c14-10-6-9(7-11(15)8-10)13(17-16)4-3-12-2-1-5-18-12/h1-2,5-8,13,17H,3-4,16H2. The Morgan fingerprint density at radius 3 is 2.50 bits per heavy atom. The molecule has 0 spiro atoms. The van der Waals surface area contributed by atoms with E-state index >= 15 is 0 Å². The van der Waals surface area contributed by atoms with Gasteiger partial charge in [-0.3, -0.25) is 11.3 Å². The zero-order valence-electron chi connectivity index (χ0n) is 9.70. The van der Waals surface area contributed by atoms with E-state index in [1.165, 1.54) is 17.0 Å². The summed E-state index contributed by atoms with van der Waals surface area (Å²) in [5.41, 5.74) is 3.14. The van der Waals surface area contributed by atoms with Crippen LogP contribution >= 0.6 is 11.3 Å². The summed E-state index contributed by atoms with van der Waals surface area (Å²) in [7, 11) is 0. The molecule has 1 atom stereocenters. The zero-order chi connectivity index (χ0) is 13.0. The van der Waals surface area contributed by atoms with Gasteiger partial charge in [0.1, 0.15) is 11.6 Å². The highest BCUT2D eigenvalue weighted by Crippen LogP contribution is 2.22. The molecule has 0 bridgehead atoms. The van der Waals surface area contributed by atoms with Gasteiger partial charge in [-0.05, 0) is 42.0 Å². The van der Waals surface area contributed by atoms with Gasteiger partial charge in [-0.15, -0.1) is 11.3 Å². The molecule has 1 aromatic heterocycles. The number of nitrogens with two attached hydrogens (primary N) is 1. The fraction of sp³-hybridized carbons (Fsp3) is 0.231. The lowest BCUT2D eigenvalue weighted by molar-refractivity contribution is 0.505. The molecule has 18 heavy (non-hydrogen) atoms. The molecule has 0 saturated carbocycles. The van der Waals surface area contributed by atoms with Crippen molar-refractivity contribution in [1.29, 1.82) is 0 Å². The van der Waals surface area contributed by atoms with Gasteiger partial charge in [0, 0.05) is 17.0 Å². The lowest BCUT2D eigenvalue weighted by atomic mass is 10.0. The first-order chi connectivity index (χ1) is 8.69. The number of nitrogens with one attached hydrogen (secondary N) is 1. The maximum Gasteiger partial charge on any atom is 0.126 e. The maximum absolute atomic E-state index is 13.1. The van der Waals surface area contributed by atoms with E-state index < -0.39 is 11.6 Å². The molecule has 96 valence electrons. The minimum absolute atomic E-state index is 0.253. The summed E-state index contributed by atoms with van der Waals surface area (Å²) in [5, 5.41) is 2.00. The highest BCUT2D eigenvalue weighted by Gasteiger charge is 2.12. The molecule has 0 aliphatic carbocycles. The highest BCUT2D eigenvalue weighted by molar-refractivity contribution is 7.09. The highest BCUT2D eigenvalue weighted by atomic mass is 32.1. The molecular weight excluding hydrogens is 254 g/mol. The van der Waals surface area contributed by atoms with Crippen molar-refractivity contribution >= 4 is 11.3 Å². The van der Waals surface area contributed by atoms with Crippen molar-refractivity contribution in [2.24, 2.45) is 5.84 Å². The third kappa shape index (κ3) is 3.35. The van der Waals surface area contributed by atoms with Gasteiger partial charge in [0.2, 0.25) is 0 Å². The third-order valence-electron chi connectivity index (χ3n) is 2.75. The van der Waals surface area contributed by atoms with Crippen LogP contribution in [0.1, 0.15) is 22.9 Å². The van der Waals surface area contributed by atoms with E-state index in [2.05, 4.69) is 5.43 Å². The fourth-order valence-electron chi connectivity index (χ4n) is 1.86. The lowest BCUT2D eigenvalue weighted by Crippen LogP contribution is -2.28. The Balaban J connectivity index is 2.07. The SMILES string of the molecule is NNC(CCc1cccs1)c1cc(F)cc(F)c1. The molecule has 0 aliphatic heterocycles. The van der Waals surface area contributed by atoms with E-state index in [0.717, 1.165) is 12.5 Å². The first kappa shape index (κ1) is 13.1. The molecule has 2 rings (SSSR count). The van der Waals surface area contributed by atoms with Crippen LogP contribution < -0.4 is 11.3 Å². The van der Waals surface area contributed by atoms with Gasteiger partial charge in [0.25, 0.3) is 0 Å². The molecule has 1 aromatic carbocycles. The Labute approximate surface area is 108 Å². The summed E-state index contributed by atoms with van der Waals surface area (Å²) in [5.74, 6) is 4.29. The summed E-state index contributed by atoms with van der Waals surface area (Å²) in [4.78, 5) is 1.23. The minimum atomic E-state index is -0.582. The normalized spacial score (nSPS) is 12.6. The van der Waals surface area contributed by atoms with Crippen LogP contribution in [-0.4, -0.2) is 0 Å². The molecular formula is C13H14F2N2S. The molecule has 2 aromatic rings. The number of hydrogen-bond acceptors (Lipinski definition) is 3. The Hall–Kier alpha value is -1.30. The van der Waals surface area contributed by atoms with Crippen LogP contribution in [0.3, 0.4) is 0 Å². The Bertz CT molecular complexity index is 479. The topological polar surface area (TPSA) is 38.0 Å². The number of hydrazine groups is 1. The van der Waals surface area contributed by atoms with Crippen LogP contribution in [0.2, 0.25) is 0 Å². The molecule has 0 aliphatic rings. The number of benzene rings is 1. The monoisotopic (exact) mass is 268 g/mol. The summed E-state index contributed by atoms with van der Waals surface area (Å²) in [6, 6.07) is 7.23. The smallest absolute Gasteiger partial charge is 0.126 e. The van der Waals surface area contributed by atoms with E-state index in [-0.39, 0.29) is 6.04 Å². The van der Waals surface area contributed by atoms with Crippen molar-refractivity contribution in [1.82, 2.24) is 5.43 Å². The molecule has 5 heteroatoms. The second-order valence-electron chi connectivity index (χ2n) is 4.04. The maximum atomic E-state index is 13.1. The predicted octanol–water partition coefficient (Wildman–Crippen LogP) is 3.16. The van der Waals surface area contributed by atoms with E-state index in [1.54, 1.807) is 11.3 Å². The quantitative estimate of drug-likeness (QED) is 0.645. The summed E-state index contributed by atoms with van der Waals surface area (Å²) < 4.78 is 26.3. The van der Waals surface area contributed by atoms with Crippen LogP contribution in [0, 0.1) is 11.6 Å². The molecule has 3 N–H and O–H groups in total. The van der Waals surface area contributed by atoms with E-state index in [9.17, 15) is 8.78 Å². The fourth-order valence-corrected chi connectivity index (χ4v) is 2.59. The molecule has 0 radical (unpaired) electrons. The summed E-state index contributed by atoms with van der Waals surface area (Å²) in [6.07, 6.45) is 1.52. The Kier molecular flexibility index (Phi) is 4.41. The number of thiophene rings is 1. The second-order valence-corrected chi connectivity index (χ2v) is 5.07. The number of aryl methyl sites for hydroxylation is 1. The largest absolute Gasteiger partial charge is 0.271 e. The Morgan fingerprint density at radius 2 is 1.94 bits per heavy atom. The Morgan fingerprint density at radius 1 is 1.22 bits per heavy atom. The van der Waals surface area contributed by atoms with Crippen molar-refractivity contribution in [2.75, 3.05) is 0 Å². The van der Waals surface area contributed by atoms with Crippen LogP contribution in [-0.2, 0) is 6.42 Å². The van der Waals surface area contributed by atoms with Gasteiger partial charge in [0.05, 0.1) is 0 Å². The first-order valence-electron chi connectivity index (χ1n) is 5.63. The van der Waals surface area contributed by atoms with Crippen molar-refractivity contribution < 1.29 is 8.78 Å². The molecule has 0 fully saturated rings. The van der Waals surface area contributed by atoms with Crippen LogP contribution in [0.5, 0.6) is 0 Å². The summed E-state index contributed by atoms with van der Waals surface area (Å²) in [6.45, 7) is 0. The van der Waals surface area contributed by atoms with Crippen molar-refractivity contribution in [3.63, 3.8) is 0 Å². The second kappa shape index (κ2) is 6.04. The van der Waals surface area contributed by atoms with Crippen molar-refractivity contribution in [3.05, 3.63) is 57.8 Å². The van der Waals surface area contributed by atoms with Gasteiger partial charge in [-0.25, -0.2) is 8.78 Å². The number of halogens is 2. The first-order valence-corrected chi connectivity index (χ1v) is 6.51. The molecule has 0 saturated heterocycles. The molecule has 2 nitrogen and oxygen atoms in total. The van der Waals surface area contributed by atoms with Gasteiger partial charge >= 0.3 is 0 Å².